The van der Waals surface area contributed by atoms with E-state index in [9.17, 15) is 10.2 Å². The molecule has 1 aromatic carbocycles. The molecule has 5 nitrogen and oxygen atoms in total. The standard InChI is InChI=1S/C17H20N2O3.BrH/c1-2-3-15-19-12-8-18-11-5-4-9-6-13(20)14(21)7-10(9)16(11)17(12)22-15;/h6-7,11,16,18,20-21H,2-5,8H2,1H3;1H. The summed E-state index contributed by atoms with van der Waals surface area (Å²) >= 11 is 0. The molecule has 1 aliphatic heterocycles. The number of aryl methyl sites for hydroxylation is 2. The highest BCUT2D eigenvalue weighted by atomic mass is 79.9. The third-order valence-electron chi connectivity index (χ3n) is 4.75. The van der Waals surface area contributed by atoms with Crippen LogP contribution in [-0.4, -0.2) is 21.2 Å². The van der Waals surface area contributed by atoms with E-state index in [1.54, 1.807) is 12.1 Å². The van der Waals surface area contributed by atoms with Crippen molar-refractivity contribution in [2.75, 3.05) is 0 Å². The predicted molar refractivity (Wildman–Crippen MR) is 91.4 cm³/mol. The highest BCUT2D eigenvalue weighted by Crippen LogP contribution is 2.44. The Morgan fingerprint density at radius 2 is 2.09 bits per heavy atom. The third-order valence-corrected chi connectivity index (χ3v) is 4.75. The lowest BCUT2D eigenvalue weighted by Crippen LogP contribution is -2.42. The number of hydrogen-bond acceptors (Lipinski definition) is 5. The summed E-state index contributed by atoms with van der Waals surface area (Å²) in [6, 6.07) is 3.66. The number of phenolic OH excluding ortho intramolecular Hbond substituents is 2. The molecule has 2 aliphatic rings. The van der Waals surface area contributed by atoms with Crippen molar-refractivity contribution >= 4 is 17.0 Å². The Hall–Kier alpha value is -1.53. The van der Waals surface area contributed by atoms with Gasteiger partial charge in [-0.2, -0.15) is 0 Å². The van der Waals surface area contributed by atoms with Gasteiger partial charge in [0.2, 0.25) is 0 Å². The summed E-state index contributed by atoms with van der Waals surface area (Å²) in [6.45, 7) is 2.85. The van der Waals surface area contributed by atoms with E-state index in [2.05, 4.69) is 17.2 Å². The maximum Gasteiger partial charge on any atom is 0.194 e. The number of oxazole rings is 1. The molecule has 2 heterocycles. The molecular weight excluding hydrogens is 360 g/mol. The summed E-state index contributed by atoms with van der Waals surface area (Å²) in [7, 11) is 0. The number of aromatic nitrogens is 1. The normalized spacial score (nSPS) is 21.8. The van der Waals surface area contributed by atoms with Crippen LogP contribution in [0.15, 0.2) is 16.5 Å². The number of hydrogen-bond donors (Lipinski definition) is 3. The number of rotatable bonds is 2. The highest BCUT2D eigenvalue weighted by molar-refractivity contribution is 8.93. The van der Waals surface area contributed by atoms with Crippen LogP contribution in [-0.2, 0) is 19.4 Å². The van der Waals surface area contributed by atoms with Crippen molar-refractivity contribution in [3.8, 4) is 11.5 Å². The number of halogens is 1. The van der Waals surface area contributed by atoms with Crippen molar-refractivity contribution in [3.05, 3.63) is 40.6 Å². The van der Waals surface area contributed by atoms with Crippen molar-refractivity contribution in [3.63, 3.8) is 0 Å². The maximum atomic E-state index is 9.89. The van der Waals surface area contributed by atoms with Gasteiger partial charge in [0.1, 0.15) is 5.76 Å². The Morgan fingerprint density at radius 3 is 2.87 bits per heavy atom. The molecule has 0 fully saturated rings. The fourth-order valence-electron chi connectivity index (χ4n) is 3.71. The van der Waals surface area contributed by atoms with Gasteiger partial charge in [-0.05, 0) is 42.5 Å². The molecule has 23 heavy (non-hydrogen) atoms. The highest BCUT2D eigenvalue weighted by Gasteiger charge is 2.39. The number of fused-ring (bicyclic) bond motifs is 5. The lowest BCUT2D eigenvalue weighted by atomic mass is 9.75. The second-order valence-corrected chi connectivity index (χ2v) is 6.21. The minimum atomic E-state index is -0.0696. The van der Waals surface area contributed by atoms with Crippen LogP contribution in [0.5, 0.6) is 11.5 Å². The van der Waals surface area contributed by atoms with Gasteiger partial charge in [-0.15, -0.1) is 17.0 Å². The molecule has 0 saturated carbocycles. The van der Waals surface area contributed by atoms with Crippen LogP contribution in [0.2, 0.25) is 0 Å². The van der Waals surface area contributed by atoms with Crippen LogP contribution < -0.4 is 5.32 Å². The van der Waals surface area contributed by atoms with Crippen LogP contribution in [0.3, 0.4) is 0 Å². The van der Waals surface area contributed by atoms with Crippen LogP contribution in [0, 0.1) is 0 Å². The molecule has 1 aromatic heterocycles. The van der Waals surface area contributed by atoms with Gasteiger partial charge in [0.25, 0.3) is 0 Å². The second kappa shape index (κ2) is 6.17. The summed E-state index contributed by atoms with van der Waals surface area (Å²) in [5.41, 5.74) is 3.10. The SMILES string of the molecule is Br.CCCc1nc2c(o1)C1c3cc(O)c(O)cc3CCC1NC2. The Kier molecular flexibility index (Phi) is 4.38. The van der Waals surface area contributed by atoms with E-state index < -0.39 is 0 Å². The summed E-state index contributed by atoms with van der Waals surface area (Å²) in [5, 5.41) is 23.2. The lowest BCUT2D eigenvalue weighted by molar-refractivity contribution is 0.331. The predicted octanol–water partition coefficient (Wildman–Crippen LogP) is 3.17. The number of aromatic hydroxyl groups is 2. The average molecular weight is 381 g/mol. The molecule has 6 heteroatoms. The molecule has 0 spiro atoms. The molecule has 0 radical (unpaired) electrons. The molecule has 124 valence electrons. The Labute approximate surface area is 145 Å². The Balaban J connectivity index is 0.00000156. The van der Waals surface area contributed by atoms with Gasteiger partial charge in [0.05, 0.1) is 11.6 Å². The maximum absolute atomic E-state index is 9.89. The number of phenols is 2. The zero-order valence-electron chi connectivity index (χ0n) is 13.0. The molecule has 2 aromatic rings. The summed E-state index contributed by atoms with van der Waals surface area (Å²) in [5.74, 6) is 1.67. The Bertz CT molecular complexity index is 729. The summed E-state index contributed by atoms with van der Waals surface area (Å²) < 4.78 is 6.05. The van der Waals surface area contributed by atoms with E-state index in [1.165, 1.54) is 0 Å². The smallest absolute Gasteiger partial charge is 0.194 e. The first-order valence-corrected chi connectivity index (χ1v) is 7.94. The van der Waals surface area contributed by atoms with Gasteiger partial charge in [0, 0.05) is 19.0 Å². The average Bonchev–Trinajstić information content (AvgIpc) is 2.91. The van der Waals surface area contributed by atoms with E-state index in [4.69, 9.17) is 4.42 Å². The fraction of sp³-hybridized carbons (Fsp3) is 0.471. The third kappa shape index (κ3) is 2.64. The quantitative estimate of drug-likeness (QED) is 0.697. The lowest BCUT2D eigenvalue weighted by Gasteiger charge is -2.36. The molecule has 2 atom stereocenters. The van der Waals surface area contributed by atoms with Crippen LogP contribution in [0.4, 0.5) is 0 Å². The summed E-state index contributed by atoms with van der Waals surface area (Å²) in [4.78, 5) is 4.60. The van der Waals surface area contributed by atoms with Gasteiger partial charge in [-0.1, -0.05) is 6.92 Å². The van der Waals surface area contributed by atoms with Gasteiger partial charge in [-0.3, -0.25) is 0 Å². The number of nitrogens with one attached hydrogen (secondary N) is 1. The van der Waals surface area contributed by atoms with Crippen LogP contribution in [0.25, 0.3) is 0 Å². The zero-order valence-corrected chi connectivity index (χ0v) is 14.7. The fourth-order valence-corrected chi connectivity index (χ4v) is 3.71. The van der Waals surface area contributed by atoms with Gasteiger partial charge < -0.3 is 19.9 Å². The Morgan fingerprint density at radius 1 is 1.30 bits per heavy atom. The topological polar surface area (TPSA) is 78.5 Å². The van der Waals surface area contributed by atoms with E-state index >= 15 is 0 Å². The van der Waals surface area contributed by atoms with Crippen molar-refractivity contribution in [2.45, 2.75) is 51.1 Å². The van der Waals surface area contributed by atoms with E-state index in [-0.39, 0.29) is 34.4 Å². The van der Waals surface area contributed by atoms with E-state index in [0.717, 1.165) is 60.7 Å². The van der Waals surface area contributed by atoms with Crippen molar-refractivity contribution in [1.82, 2.24) is 10.3 Å². The van der Waals surface area contributed by atoms with Crippen molar-refractivity contribution in [2.24, 2.45) is 0 Å². The molecule has 0 bridgehead atoms. The van der Waals surface area contributed by atoms with Crippen molar-refractivity contribution < 1.29 is 14.6 Å². The van der Waals surface area contributed by atoms with Crippen molar-refractivity contribution in [1.29, 1.82) is 0 Å². The van der Waals surface area contributed by atoms with Gasteiger partial charge >= 0.3 is 0 Å². The number of nitrogens with zero attached hydrogens (tertiary/aromatic N) is 1. The van der Waals surface area contributed by atoms with E-state index in [1.807, 2.05) is 0 Å². The van der Waals surface area contributed by atoms with E-state index in [0.29, 0.717) is 6.04 Å². The minimum Gasteiger partial charge on any atom is -0.504 e. The summed E-state index contributed by atoms with van der Waals surface area (Å²) in [6.07, 6.45) is 3.73. The molecular formula is C17H21BrN2O3. The first kappa shape index (κ1) is 16.3. The molecule has 3 N–H and O–H groups in total. The minimum absolute atomic E-state index is 0. The molecule has 2 unspecified atom stereocenters. The first-order valence-electron chi connectivity index (χ1n) is 7.94. The molecule has 0 amide bonds. The molecule has 1 aliphatic carbocycles. The van der Waals surface area contributed by atoms with Crippen LogP contribution in [0.1, 0.15) is 54.2 Å². The zero-order chi connectivity index (χ0) is 15.3. The molecule has 4 rings (SSSR count). The van der Waals surface area contributed by atoms with Gasteiger partial charge in [-0.25, -0.2) is 4.98 Å². The molecule has 0 saturated heterocycles. The second-order valence-electron chi connectivity index (χ2n) is 6.21. The van der Waals surface area contributed by atoms with Crippen LogP contribution >= 0.6 is 17.0 Å². The number of benzene rings is 1. The monoisotopic (exact) mass is 380 g/mol. The van der Waals surface area contributed by atoms with Gasteiger partial charge in [0.15, 0.2) is 17.4 Å². The largest absolute Gasteiger partial charge is 0.504 e. The first-order chi connectivity index (χ1) is 10.7.